The highest BCUT2D eigenvalue weighted by Crippen LogP contribution is 2.54. The van der Waals surface area contributed by atoms with Gasteiger partial charge in [0.15, 0.2) is 5.79 Å². The molecule has 54 heavy (non-hydrogen) atoms. The maximum absolute atomic E-state index is 14.5. The summed E-state index contributed by atoms with van der Waals surface area (Å²) < 4.78 is 40.1. The highest BCUT2D eigenvalue weighted by molar-refractivity contribution is 5.84. The van der Waals surface area contributed by atoms with Crippen molar-refractivity contribution in [3.63, 3.8) is 0 Å². The van der Waals surface area contributed by atoms with Gasteiger partial charge in [0.1, 0.15) is 11.9 Å². The summed E-state index contributed by atoms with van der Waals surface area (Å²) in [5.74, 6) is -5.38. The molecule has 18 atom stereocenters. The second-order valence-corrected chi connectivity index (χ2v) is 18.1. The molecular formula is C43H72O11. The van der Waals surface area contributed by atoms with Gasteiger partial charge in [-0.15, -0.1) is 0 Å². The van der Waals surface area contributed by atoms with Crippen LogP contribution in [0, 0.1) is 41.4 Å². The van der Waals surface area contributed by atoms with Crippen LogP contribution in [0.25, 0.3) is 0 Å². The van der Waals surface area contributed by atoms with Crippen LogP contribution in [-0.4, -0.2) is 99.7 Å². The van der Waals surface area contributed by atoms with Crippen molar-refractivity contribution in [2.75, 3.05) is 7.11 Å². The van der Waals surface area contributed by atoms with Crippen molar-refractivity contribution < 1.29 is 53.3 Å². The van der Waals surface area contributed by atoms with Crippen LogP contribution in [0.15, 0.2) is 12.2 Å². The summed E-state index contributed by atoms with van der Waals surface area (Å²) in [4.78, 5) is 26.5. The molecule has 5 heterocycles. The first-order chi connectivity index (χ1) is 25.3. The number of Topliss-reactive ketones (excluding diaryl/α,β-unsaturated/α-hetero) is 1. The minimum Gasteiger partial charge on any atom is -0.481 e. The Hall–Kier alpha value is -1.44. The molecule has 5 aliphatic heterocycles. The van der Waals surface area contributed by atoms with Crippen molar-refractivity contribution in [1.82, 2.24) is 0 Å². The Morgan fingerprint density at radius 3 is 2.19 bits per heavy atom. The van der Waals surface area contributed by atoms with E-state index in [0.717, 1.165) is 12.8 Å². The number of carbonyl (C=O) groups excluding carboxylic acids is 1. The molecule has 0 saturated carbocycles. The fourth-order valence-corrected chi connectivity index (χ4v) is 10.8. The molecule has 0 aromatic heterocycles. The highest BCUT2D eigenvalue weighted by Gasteiger charge is 2.63. The van der Waals surface area contributed by atoms with Crippen LogP contribution in [0.1, 0.15) is 133 Å². The Labute approximate surface area is 324 Å². The fourth-order valence-electron chi connectivity index (χ4n) is 10.8. The largest absolute Gasteiger partial charge is 0.481 e. The number of rotatable bonds is 13. The number of carboxylic acids is 1. The van der Waals surface area contributed by atoms with Crippen LogP contribution >= 0.6 is 0 Å². The number of hydrogen-bond donors (Lipinski definition) is 3. The molecule has 0 radical (unpaired) electrons. The molecule has 0 aromatic rings. The van der Waals surface area contributed by atoms with Crippen molar-refractivity contribution in [2.45, 2.75) is 199 Å². The van der Waals surface area contributed by atoms with Gasteiger partial charge in [0.25, 0.3) is 0 Å². The predicted molar refractivity (Wildman–Crippen MR) is 203 cm³/mol. The molecule has 0 amide bonds. The molecule has 11 heteroatoms. The van der Waals surface area contributed by atoms with Gasteiger partial charge in [0.05, 0.1) is 53.7 Å². The number of hydrogen-bond acceptors (Lipinski definition) is 10. The van der Waals surface area contributed by atoms with E-state index in [1.54, 1.807) is 14.0 Å². The topological polar surface area (TPSA) is 150 Å². The minimum absolute atomic E-state index is 0.0258. The van der Waals surface area contributed by atoms with E-state index >= 15 is 0 Å². The van der Waals surface area contributed by atoms with E-state index < -0.39 is 70.9 Å². The van der Waals surface area contributed by atoms with Gasteiger partial charge >= 0.3 is 5.97 Å². The summed E-state index contributed by atoms with van der Waals surface area (Å²) in [6, 6.07) is 0. The molecule has 2 spiro atoms. The van der Waals surface area contributed by atoms with Crippen molar-refractivity contribution in [1.29, 1.82) is 0 Å². The maximum atomic E-state index is 14.5. The van der Waals surface area contributed by atoms with Crippen molar-refractivity contribution in [2.24, 2.45) is 41.4 Å². The first kappa shape index (κ1) is 43.7. The number of aliphatic hydroxyl groups excluding tert-OH is 1. The van der Waals surface area contributed by atoms with Crippen LogP contribution in [0.2, 0.25) is 0 Å². The van der Waals surface area contributed by atoms with Gasteiger partial charge in [0, 0.05) is 37.2 Å². The minimum atomic E-state index is -1.22. The molecule has 5 rings (SSSR count). The summed E-state index contributed by atoms with van der Waals surface area (Å²) in [6.07, 6.45) is 7.04. The Bertz CT molecular complexity index is 1340. The summed E-state index contributed by atoms with van der Waals surface area (Å²) in [5, 5.41) is 32.7. The molecule has 0 aromatic carbocycles. The normalized spacial score (nSPS) is 45.5. The summed E-state index contributed by atoms with van der Waals surface area (Å²) >= 11 is 0. The number of carbonyl (C=O) groups is 2. The van der Waals surface area contributed by atoms with E-state index in [4.69, 9.17) is 28.4 Å². The highest BCUT2D eigenvalue weighted by atomic mass is 16.8. The first-order valence-corrected chi connectivity index (χ1v) is 21.1. The third-order valence-corrected chi connectivity index (χ3v) is 14.7. The van der Waals surface area contributed by atoms with Gasteiger partial charge in [-0.05, 0) is 95.6 Å². The van der Waals surface area contributed by atoms with Gasteiger partial charge in [-0.2, -0.15) is 0 Å². The van der Waals surface area contributed by atoms with Gasteiger partial charge in [0.2, 0.25) is 5.79 Å². The van der Waals surface area contributed by atoms with Crippen LogP contribution in [0.4, 0.5) is 0 Å². The third kappa shape index (κ3) is 8.00. The smallest absolute Gasteiger partial charge is 0.309 e. The standard InChI is InChI=1S/C43H72O11/c1-12-30(39(46)47)32-16-15-24(4)37(51-32)28(8)35(44)27(7)36(45)31(13-2)38-25(5)23-26(6)43(52-38)34(49-11)18-20-42(54-43)22-21-40(10,53-42)33-17-19-41(48,14-3)29(9)50-33/h18,20,24-35,37-38,44,48H,12-17,19,21-23H2,1-11H3,(H,46,47)/t24-,25-,26+,27?,28-,29-,30+,31-,32+,33+,34-,35+,37+,38-,40-,41+,42+,43+/m0/s1. The van der Waals surface area contributed by atoms with Gasteiger partial charge in [-0.3, -0.25) is 9.59 Å². The Balaban J connectivity index is 1.33. The number of ether oxygens (including phenoxy) is 6. The molecule has 11 nitrogen and oxygen atoms in total. The average molecular weight is 765 g/mol. The lowest BCUT2D eigenvalue weighted by atomic mass is 9.72. The van der Waals surface area contributed by atoms with E-state index in [1.807, 2.05) is 46.8 Å². The van der Waals surface area contributed by atoms with Crippen molar-refractivity contribution >= 4 is 11.8 Å². The van der Waals surface area contributed by atoms with Gasteiger partial charge in [-0.1, -0.05) is 55.4 Å². The molecule has 310 valence electrons. The third-order valence-electron chi connectivity index (χ3n) is 14.7. The molecule has 1 unspecified atom stereocenters. The van der Waals surface area contributed by atoms with Crippen LogP contribution < -0.4 is 0 Å². The van der Waals surface area contributed by atoms with E-state index in [1.165, 1.54) is 0 Å². The SMILES string of the molecule is CC[C@@H](C(=O)C(C)[C@@H](O)[C@H](C)[C@@H]1O[C@@H]([C@@H](CC)C(=O)O)CC[C@@H]1C)[C@H]1O[C@@]2(O[C@]3(C=C[C@@H]2OC)CC[C@@](C)([C@H]2CC[C@](O)(CC)[C@H](C)O2)O3)[C@H](C)C[C@@H]1C. The quantitative estimate of drug-likeness (QED) is 0.169. The fraction of sp³-hybridized carbons (Fsp3) is 0.907. The summed E-state index contributed by atoms with van der Waals surface area (Å²) in [7, 11) is 1.65. The Morgan fingerprint density at radius 1 is 0.907 bits per heavy atom. The predicted octanol–water partition coefficient (Wildman–Crippen LogP) is 6.84. The molecule has 5 aliphatic rings. The van der Waals surface area contributed by atoms with E-state index in [2.05, 4.69) is 27.7 Å². The van der Waals surface area contributed by atoms with Crippen molar-refractivity contribution in [3.05, 3.63) is 12.2 Å². The monoisotopic (exact) mass is 765 g/mol. The second kappa shape index (κ2) is 16.8. The molecule has 4 fully saturated rings. The number of carboxylic acid groups (broad SMARTS) is 1. The van der Waals surface area contributed by atoms with E-state index in [0.29, 0.717) is 51.4 Å². The summed E-state index contributed by atoms with van der Waals surface area (Å²) in [5.41, 5.74) is -1.49. The maximum Gasteiger partial charge on any atom is 0.309 e. The molecule has 0 bridgehead atoms. The van der Waals surface area contributed by atoms with Gasteiger partial charge in [-0.25, -0.2) is 0 Å². The zero-order valence-corrected chi connectivity index (χ0v) is 34.9. The lowest BCUT2D eigenvalue weighted by Gasteiger charge is -2.56. The Kier molecular flexibility index (Phi) is 13.6. The Morgan fingerprint density at radius 2 is 1.59 bits per heavy atom. The van der Waals surface area contributed by atoms with E-state index in [-0.39, 0.29) is 47.8 Å². The zero-order valence-electron chi connectivity index (χ0n) is 34.9. The molecule has 0 aliphatic carbocycles. The molecular weight excluding hydrogens is 692 g/mol. The van der Waals surface area contributed by atoms with Crippen LogP contribution in [-0.2, 0) is 38.0 Å². The number of aliphatic carboxylic acids is 1. The van der Waals surface area contributed by atoms with E-state index in [9.17, 15) is 24.9 Å². The zero-order chi connectivity index (χ0) is 40.0. The summed E-state index contributed by atoms with van der Waals surface area (Å²) in [6.45, 7) is 19.9. The second-order valence-electron chi connectivity index (χ2n) is 18.1. The number of methoxy groups -OCH3 is 1. The molecule has 3 N–H and O–H groups in total. The molecule has 4 saturated heterocycles. The van der Waals surface area contributed by atoms with Gasteiger partial charge < -0.3 is 43.7 Å². The van der Waals surface area contributed by atoms with Crippen LogP contribution in [0.5, 0.6) is 0 Å². The van der Waals surface area contributed by atoms with Crippen LogP contribution in [0.3, 0.4) is 0 Å². The average Bonchev–Trinajstić information content (AvgIpc) is 3.47. The number of aliphatic hydroxyl groups is 2. The van der Waals surface area contributed by atoms with Crippen molar-refractivity contribution in [3.8, 4) is 0 Å². The first-order valence-electron chi connectivity index (χ1n) is 21.1. The number of ketones is 1. The lowest BCUT2D eigenvalue weighted by molar-refractivity contribution is -0.418. The lowest BCUT2D eigenvalue weighted by Crippen LogP contribution is -2.65.